The molecule has 1 saturated carbocycles. The van der Waals surface area contributed by atoms with Crippen LogP contribution in [0.3, 0.4) is 0 Å². The van der Waals surface area contributed by atoms with Crippen molar-refractivity contribution in [2.45, 2.75) is 50.6 Å². The van der Waals surface area contributed by atoms with E-state index in [1.54, 1.807) is 25.1 Å². The highest BCUT2D eigenvalue weighted by atomic mass is 19.4. The van der Waals surface area contributed by atoms with Crippen LogP contribution in [-0.4, -0.2) is 30.6 Å². The number of aromatic nitrogens is 4. The van der Waals surface area contributed by atoms with Crippen LogP contribution < -0.4 is 11.0 Å². The van der Waals surface area contributed by atoms with Gasteiger partial charge >= 0.3 is 17.8 Å². The lowest BCUT2D eigenvalue weighted by Gasteiger charge is -2.31. The highest BCUT2D eigenvalue weighted by molar-refractivity contribution is 5.80. The molecule has 0 saturated heterocycles. The monoisotopic (exact) mass is 461 g/mol. The molecule has 1 aliphatic carbocycles. The van der Waals surface area contributed by atoms with Crippen LogP contribution in [0.1, 0.15) is 49.1 Å². The van der Waals surface area contributed by atoms with Gasteiger partial charge in [0.15, 0.2) is 0 Å². The van der Waals surface area contributed by atoms with Crippen molar-refractivity contribution in [2.75, 3.05) is 5.32 Å². The van der Waals surface area contributed by atoms with Crippen LogP contribution in [0.4, 0.5) is 24.8 Å². The predicted octanol–water partition coefficient (Wildman–Crippen LogP) is 4.31. The number of halogens is 3. The first-order chi connectivity index (χ1) is 15.6. The van der Waals surface area contributed by atoms with Crippen LogP contribution in [0.25, 0.3) is 5.69 Å². The second-order valence-corrected chi connectivity index (χ2v) is 8.24. The fraction of sp³-hybridized carbons (Fsp3) is 0.364. The number of anilines is 2. The normalized spacial score (nSPS) is 15.9. The zero-order valence-corrected chi connectivity index (χ0v) is 17.7. The third-order valence-electron chi connectivity index (χ3n) is 5.89. The van der Waals surface area contributed by atoms with Crippen molar-refractivity contribution < 1.29 is 23.1 Å². The van der Waals surface area contributed by atoms with Gasteiger partial charge in [-0.05, 0) is 49.6 Å². The molecule has 174 valence electrons. The van der Waals surface area contributed by atoms with Gasteiger partial charge in [0.2, 0.25) is 5.95 Å². The minimum absolute atomic E-state index is 0.240. The number of hydrogen-bond donors (Lipinski definition) is 3. The highest BCUT2D eigenvalue weighted by Crippen LogP contribution is 2.39. The maximum absolute atomic E-state index is 12.9. The predicted molar refractivity (Wildman–Crippen MR) is 114 cm³/mol. The Morgan fingerprint density at radius 1 is 1.21 bits per heavy atom. The number of carbonyl (C=O) groups is 1. The number of carboxylic acids is 1. The van der Waals surface area contributed by atoms with Crippen molar-refractivity contribution in [3.63, 3.8) is 0 Å². The number of benzene rings is 1. The number of nitrogens with zero attached hydrogens (tertiary/aromatic N) is 3. The molecule has 1 fully saturated rings. The minimum atomic E-state index is -4.61. The molecule has 0 atom stereocenters. The first-order valence-electron chi connectivity index (χ1n) is 10.4. The van der Waals surface area contributed by atoms with E-state index in [1.165, 1.54) is 10.8 Å². The van der Waals surface area contributed by atoms with Crippen LogP contribution in [0.15, 0.2) is 41.5 Å². The van der Waals surface area contributed by atoms with Crippen LogP contribution in [-0.2, 0) is 16.4 Å². The van der Waals surface area contributed by atoms with E-state index in [-0.39, 0.29) is 5.95 Å². The Balaban J connectivity index is 1.69. The van der Waals surface area contributed by atoms with Crippen LogP contribution >= 0.6 is 0 Å². The Kier molecular flexibility index (Phi) is 5.73. The number of nitrogens with one attached hydrogen (secondary N) is 2. The maximum atomic E-state index is 12.9. The maximum Gasteiger partial charge on any atom is 0.433 e. The molecule has 0 bridgehead atoms. The van der Waals surface area contributed by atoms with Gasteiger partial charge in [0, 0.05) is 18.1 Å². The number of imidazole rings is 1. The number of alkyl halides is 3. The van der Waals surface area contributed by atoms with Gasteiger partial charge in [-0.2, -0.15) is 13.2 Å². The topological polar surface area (TPSA) is 113 Å². The van der Waals surface area contributed by atoms with Gasteiger partial charge in [0.25, 0.3) is 0 Å². The van der Waals surface area contributed by atoms with Gasteiger partial charge < -0.3 is 15.4 Å². The van der Waals surface area contributed by atoms with Crippen molar-refractivity contribution in [1.82, 2.24) is 19.5 Å². The molecule has 3 N–H and O–H groups in total. The Morgan fingerprint density at radius 3 is 2.61 bits per heavy atom. The molecule has 8 nitrogen and oxygen atoms in total. The van der Waals surface area contributed by atoms with Crippen molar-refractivity contribution in [3.8, 4) is 5.69 Å². The molecule has 0 spiro atoms. The van der Waals surface area contributed by atoms with Crippen molar-refractivity contribution in [3.05, 3.63) is 64.1 Å². The number of aryl methyl sites for hydroxylation is 1. The quantitative estimate of drug-likeness (QED) is 0.522. The molecular weight excluding hydrogens is 439 g/mol. The second-order valence-electron chi connectivity index (χ2n) is 8.24. The molecule has 11 heteroatoms. The molecule has 33 heavy (non-hydrogen) atoms. The lowest BCUT2D eigenvalue weighted by molar-refractivity contribution is -0.145. The Morgan fingerprint density at radius 2 is 1.94 bits per heavy atom. The van der Waals surface area contributed by atoms with E-state index in [0.717, 1.165) is 37.1 Å². The minimum Gasteiger partial charge on any atom is -0.481 e. The van der Waals surface area contributed by atoms with E-state index in [9.17, 15) is 27.9 Å². The summed E-state index contributed by atoms with van der Waals surface area (Å²) in [6.45, 7) is 1.76. The summed E-state index contributed by atoms with van der Waals surface area (Å²) in [6.07, 6.45) is 1.25. The number of hydrogen-bond acceptors (Lipinski definition) is 5. The third-order valence-corrected chi connectivity index (χ3v) is 5.89. The van der Waals surface area contributed by atoms with Gasteiger partial charge in [-0.25, -0.2) is 14.8 Å². The number of H-pyrrole nitrogens is 1. The van der Waals surface area contributed by atoms with Crippen molar-refractivity contribution in [1.29, 1.82) is 0 Å². The van der Waals surface area contributed by atoms with E-state index in [1.807, 2.05) is 0 Å². The van der Waals surface area contributed by atoms with E-state index >= 15 is 0 Å². The number of aliphatic carboxylic acids is 1. The number of carboxylic acid groups (broad SMARTS) is 1. The molecule has 0 radical (unpaired) electrons. The van der Waals surface area contributed by atoms with Gasteiger partial charge in [-0.1, -0.05) is 19.3 Å². The molecule has 2 heterocycles. The largest absolute Gasteiger partial charge is 0.481 e. The molecule has 3 aromatic rings. The summed E-state index contributed by atoms with van der Waals surface area (Å²) in [5.74, 6) is -1.21. The zero-order valence-electron chi connectivity index (χ0n) is 17.7. The first kappa shape index (κ1) is 22.6. The van der Waals surface area contributed by atoms with Gasteiger partial charge in [-0.3, -0.25) is 9.36 Å². The van der Waals surface area contributed by atoms with E-state index in [2.05, 4.69) is 20.3 Å². The zero-order chi connectivity index (χ0) is 23.8. The van der Waals surface area contributed by atoms with E-state index in [4.69, 9.17) is 0 Å². The van der Waals surface area contributed by atoms with Crippen molar-refractivity contribution in [2.24, 2.45) is 0 Å². The standard InChI is InChI=1S/C22H22F3N5O3/c1-13-9-14(27-19-26-8-5-16(28-19)22(23,24)25)11-15(10-13)30-12-17(29-20(30)33)21(18(31)32)6-3-2-4-7-21/h5,8-12H,2-4,6-7H2,1H3,(H,29,33)(H,31,32)(H,26,27,28). The van der Waals surface area contributed by atoms with Gasteiger partial charge in [0.1, 0.15) is 11.1 Å². The highest BCUT2D eigenvalue weighted by Gasteiger charge is 2.43. The Hall–Kier alpha value is -3.63. The fourth-order valence-corrected chi connectivity index (χ4v) is 4.26. The summed E-state index contributed by atoms with van der Waals surface area (Å²) in [5, 5.41) is 12.7. The molecule has 1 aromatic carbocycles. The smallest absolute Gasteiger partial charge is 0.433 e. The lowest BCUT2D eigenvalue weighted by atomic mass is 9.72. The summed E-state index contributed by atoms with van der Waals surface area (Å²) >= 11 is 0. The van der Waals surface area contributed by atoms with E-state index in [0.29, 0.717) is 29.9 Å². The van der Waals surface area contributed by atoms with Gasteiger partial charge in [0.05, 0.1) is 11.4 Å². The molecule has 2 aromatic heterocycles. The molecular formula is C22H22F3N5O3. The average molecular weight is 461 g/mol. The fourth-order valence-electron chi connectivity index (χ4n) is 4.26. The van der Waals surface area contributed by atoms with Crippen molar-refractivity contribution >= 4 is 17.6 Å². The summed E-state index contributed by atoms with van der Waals surface area (Å²) in [6, 6.07) is 5.72. The molecule has 0 unspecified atom stereocenters. The Labute approximate surface area is 186 Å². The van der Waals surface area contributed by atoms with Gasteiger partial charge in [-0.15, -0.1) is 0 Å². The lowest BCUT2D eigenvalue weighted by Crippen LogP contribution is -2.38. The number of rotatable bonds is 5. The first-order valence-corrected chi connectivity index (χ1v) is 10.4. The second kappa shape index (κ2) is 8.38. The summed E-state index contributed by atoms with van der Waals surface area (Å²) < 4.78 is 40.1. The molecule has 1 aliphatic rings. The molecule has 0 amide bonds. The Bertz CT molecular complexity index is 1240. The summed E-state index contributed by atoms with van der Waals surface area (Å²) in [7, 11) is 0. The summed E-state index contributed by atoms with van der Waals surface area (Å²) in [5.41, 5.74) is -0.842. The summed E-state index contributed by atoms with van der Waals surface area (Å²) in [4.78, 5) is 34.9. The average Bonchev–Trinajstić information content (AvgIpc) is 3.15. The third kappa shape index (κ3) is 4.48. The van der Waals surface area contributed by atoms with Crippen LogP contribution in [0.5, 0.6) is 0 Å². The SMILES string of the molecule is Cc1cc(Nc2nccc(C(F)(F)F)n2)cc(-n2cc(C3(C(=O)O)CCCCC3)[nH]c2=O)c1. The number of aromatic amines is 1. The van der Waals surface area contributed by atoms with E-state index < -0.39 is 28.9 Å². The van der Waals surface area contributed by atoms with Crippen LogP contribution in [0.2, 0.25) is 0 Å². The molecule has 0 aliphatic heterocycles. The molecule has 4 rings (SSSR count). The van der Waals surface area contributed by atoms with Crippen LogP contribution in [0, 0.1) is 6.92 Å².